The first-order valence-electron chi connectivity index (χ1n) is 13.4. The van der Waals surface area contributed by atoms with Crippen LogP contribution in [0.2, 0.25) is 0 Å². The Hall–Kier alpha value is -2.07. The molecule has 2 atom stereocenters. The summed E-state index contributed by atoms with van der Waals surface area (Å²) in [5.74, 6) is 0.397. The fraction of sp³-hybridized carbons (Fsp3) is 0.571. The van der Waals surface area contributed by atoms with Gasteiger partial charge in [-0.1, -0.05) is 31.0 Å². The van der Waals surface area contributed by atoms with E-state index >= 15 is 0 Å². The average Bonchev–Trinajstić information content (AvgIpc) is 2.92. The Balaban J connectivity index is 1.44. The number of amides is 1. The molecular formula is C28H38F2N4O2S. The molecule has 2 aliphatic heterocycles. The molecule has 202 valence electrons. The van der Waals surface area contributed by atoms with Gasteiger partial charge in [0.05, 0.1) is 18.1 Å². The monoisotopic (exact) mass is 532 g/mol. The van der Waals surface area contributed by atoms with Gasteiger partial charge in [0.25, 0.3) is 0 Å². The third-order valence-corrected chi connectivity index (χ3v) is 8.71. The normalized spacial score (nSPS) is 20.0. The first kappa shape index (κ1) is 28.0. The number of aromatic nitrogens is 1. The molecule has 0 bridgehead atoms. The van der Waals surface area contributed by atoms with Crippen LogP contribution in [0, 0.1) is 17.6 Å². The number of nitrogens with zero attached hydrogens (tertiary/aromatic N) is 2. The summed E-state index contributed by atoms with van der Waals surface area (Å²) in [6.07, 6.45) is 7.11. The van der Waals surface area contributed by atoms with Crippen molar-refractivity contribution in [2.45, 2.75) is 57.4 Å². The molecule has 1 aromatic carbocycles. The van der Waals surface area contributed by atoms with Crippen LogP contribution in [0.3, 0.4) is 0 Å². The third-order valence-electron chi connectivity index (χ3n) is 7.30. The van der Waals surface area contributed by atoms with Crippen LogP contribution in [0.15, 0.2) is 36.7 Å². The Morgan fingerprint density at radius 1 is 1.24 bits per heavy atom. The SMILES string of the molecule is CCCSN1CCNCC1CCc1c(F)cncc1NC(=O)CC(c1ccc(F)cc1)C1CCOCC1. The molecule has 2 aliphatic rings. The number of nitrogens with one attached hydrogen (secondary N) is 2. The number of carbonyl (C=O) groups is 1. The molecule has 37 heavy (non-hydrogen) atoms. The highest BCUT2D eigenvalue weighted by Crippen LogP contribution is 2.35. The number of ether oxygens (including phenoxy) is 1. The van der Waals surface area contributed by atoms with Crippen molar-refractivity contribution in [1.82, 2.24) is 14.6 Å². The first-order valence-corrected chi connectivity index (χ1v) is 14.3. The van der Waals surface area contributed by atoms with Crippen LogP contribution in [0.25, 0.3) is 0 Å². The molecule has 3 heterocycles. The lowest BCUT2D eigenvalue weighted by Gasteiger charge is -2.35. The fourth-order valence-electron chi connectivity index (χ4n) is 5.29. The first-order chi connectivity index (χ1) is 18.0. The van der Waals surface area contributed by atoms with E-state index in [1.54, 1.807) is 18.3 Å². The number of hydrogen-bond acceptors (Lipinski definition) is 6. The Morgan fingerprint density at radius 2 is 2.03 bits per heavy atom. The van der Waals surface area contributed by atoms with E-state index in [-0.39, 0.29) is 30.0 Å². The lowest BCUT2D eigenvalue weighted by atomic mass is 9.79. The number of piperazine rings is 1. The smallest absolute Gasteiger partial charge is 0.225 e. The molecule has 2 saturated heterocycles. The van der Waals surface area contributed by atoms with E-state index in [4.69, 9.17) is 4.74 Å². The van der Waals surface area contributed by atoms with Gasteiger partial charge in [-0.15, -0.1) is 0 Å². The van der Waals surface area contributed by atoms with Gasteiger partial charge in [0.1, 0.15) is 11.6 Å². The predicted molar refractivity (Wildman–Crippen MR) is 145 cm³/mol. The van der Waals surface area contributed by atoms with Crippen LogP contribution in [-0.2, 0) is 16.0 Å². The molecule has 0 saturated carbocycles. The number of anilines is 1. The molecule has 9 heteroatoms. The summed E-state index contributed by atoms with van der Waals surface area (Å²) < 4.78 is 36.4. The van der Waals surface area contributed by atoms with Gasteiger partial charge in [-0.2, -0.15) is 0 Å². The van der Waals surface area contributed by atoms with Crippen molar-refractivity contribution in [2.75, 3.05) is 43.9 Å². The summed E-state index contributed by atoms with van der Waals surface area (Å²) in [5, 5.41) is 6.40. The fourth-order valence-corrected chi connectivity index (χ4v) is 6.32. The lowest BCUT2D eigenvalue weighted by molar-refractivity contribution is -0.117. The van der Waals surface area contributed by atoms with E-state index in [2.05, 4.69) is 26.8 Å². The van der Waals surface area contributed by atoms with Gasteiger partial charge in [0.15, 0.2) is 0 Å². The van der Waals surface area contributed by atoms with E-state index < -0.39 is 5.82 Å². The minimum Gasteiger partial charge on any atom is -0.381 e. The molecule has 0 aliphatic carbocycles. The van der Waals surface area contributed by atoms with E-state index in [0.29, 0.717) is 36.9 Å². The molecular weight excluding hydrogens is 494 g/mol. The van der Waals surface area contributed by atoms with E-state index in [1.165, 1.54) is 18.3 Å². The van der Waals surface area contributed by atoms with Gasteiger partial charge >= 0.3 is 0 Å². The Labute approximate surface area is 223 Å². The predicted octanol–water partition coefficient (Wildman–Crippen LogP) is 5.16. The summed E-state index contributed by atoms with van der Waals surface area (Å²) in [7, 11) is 0. The summed E-state index contributed by atoms with van der Waals surface area (Å²) in [6.45, 7) is 6.29. The topological polar surface area (TPSA) is 66.5 Å². The van der Waals surface area contributed by atoms with Crippen LogP contribution in [0.1, 0.15) is 56.1 Å². The molecule has 2 fully saturated rings. The van der Waals surface area contributed by atoms with Gasteiger partial charge in [-0.25, -0.2) is 13.1 Å². The number of hydrogen-bond donors (Lipinski definition) is 2. The Kier molecular flexibility index (Phi) is 10.7. The van der Waals surface area contributed by atoms with Crippen LogP contribution in [0.4, 0.5) is 14.5 Å². The molecule has 0 radical (unpaired) electrons. The second kappa shape index (κ2) is 14.2. The van der Waals surface area contributed by atoms with Crippen molar-refractivity contribution < 1.29 is 18.3 Å². The maximum absolute atomic E-state index is 14.9. The molecule has 2 unspecified atom stereocenters. The minimum absolute atomic E-state index is 0.0630. The van der Waals surface area contributed by atoms with Gasteiger partial charge < -0.3 is 15.4 Å². The van der Waals surface area contributed by atoms with Crippen molar-refractivity contribution >= 4 is 23.5 Å². The van der Waals surface area contributed by atoms with E-state index in [0.717, 1.165) is 56.6 Å². The molecule has 0 spiro atoms. The number of carbonyl (C=O) groups excluding carboxylic acids is 1. The zero-order valence-corrected chi connectivity index (χ0v) is 22.4. The molecule has 4 rings (SSSR count). The zero-order chi connectivity index (χ0) is 26.0. The summed E-state index contributed by atoms with van der Waals surface area (Å²) in [4.78, 5) is 17.3. The van der Waals surface area contributed by atoms with E-state index in [9.17, 15) is 13.6 Å². The summed E-state index contributed by atoms with van der Waals surface area (Å²) >= 11 is 1.86. The quantitative estimate of drug-likeness (QED) is 0.390. The maximum atomic E-state index is 14.9. The average molecular weight is 533 g/mol. The minimum atomic E-state index is -0.395. The summed E-state index contributed by atoms with van der Waals surface area (Å²) in [6, 6.07) is 6.71. The molecule has 6 nitrogen and oxygen atoms in total. The second-order valence-corrected chi connectivity index (χ2v) is 11.0. The highest BCUT2D eigenvalue weighted by atomic mass is 32.2. The number of halogens is 2. The van der Waals surface area contributed by atoms with Gasteiger partial charge in [-0.05, 0) is 61.6 Å². The van der Waals surface area contributed by atoms with Crippen molar-refractivity contribution in [1.29, 1.82) is 0 Å². The lowest BCUT2D eigenvalue weighted by Crippen LogP contribution is -2.48. The van der Waals surface area contributed by atoms with Gasteiger partial charge in [0.2, 0.25) is 5.91 Å². The van der Waals surface area contributed by atoms with Crippen molar-refractivity contribution in [2.24, 2.45) is 5.92 Å². The van der Waals surface area contributed by atoms with Crippen LogP contribution in [-0.4, -0.2) is 59.8 Å². The van der Waals surface area contributed by atoms with Gasteiger partial charge in [0, 0.05) is 56.6 Å². The number of rotatable bonds is 11. The Bertz CT molecular complexity index is 1000. The van der Waals surface area contributed by atoms with E-state index in [1.807, 2.05) is 11.9 Å². The highest BCUT2D eigenvalue weighted by Gasteiger charge is 2.28. The summed E-state index contributed by atoms with van der Waals surface area (Å²) in [5.41, 5.74) is 1.88. The second-order valence-electron chi connectivity index (χ2n) is 9.88. The third kappa shape index (κ3) is 7.96. The van der Waals surface area contributed by atoms with Crippen LogP contribution >= 0.6 is 11.9 Å². The standard InChI is InChI=1S/C28H38F2N4O2S/c1-2-15-37-34-12-11-31-17-23(34)7-8-24-26(30)18-32-19-27(24)33-28(35)16-25(21-9-13-36-14-10-21)20-3-5-22(29)6-4-20/h3-6,18-19,21,23,25,31H,2,7-17H2,1H3,(H,33,35). The highest BCUT2D eigenvalue weighted by molar-refractivity contribution is 7.97. The zero-order valence-electron chi connectivity index (χ0n) is 21.6. The molecule has 1 amide bonds. The van der Waals surface area contributed by atoms with Crippen LogP contribution in [0.5, 0.6) is 0 Å². The number of benzene rings is 1. The largest absolute Gasteiger partial charge is 0.381 e. The molecule has 2 N–H and O–H groups in total. The maximum Gasteiger partial charge on any atom is 0.225 e. The van der Waals surface area contributed by atoms with Crippen molar-refractivity contribution in [3.05, 3.63) is 59.4 Å². The van der Waals surface area contributed by atoms with Crippen LogP contribution < -0.4 is 10.6 Å². The molecule has 1 aromatic heterocycles. The van der Waals surface area contributed by atoms with Crippen molar-refractivity contribution in [3.8, 4) is 0 Å². The number of pyridine rings is 1. The molecule has 2 aromatic rings. The Morgan fingerprint density at radius 3 is 2.78 bits per heavy atom. The van der Waals surface area contributed by atoms with Gasteiger partial charge in [-0.3, -0.25) is 9.78 Å². The van der Waals surface area contributed by atoms with Crippen molar-refractivity contribution in [3.63, 3.8) is 0 Å².